The van der Waals surface area contributed by atoms with Gasteiger partial charge in [0.15, 0.2) is 5.58 Å². The van der Waals surface area contributed by atoms with Crippen molar-refractivity contribution in [3.63, 3.8) is 0 Å². The van der Waals surface area contributed by atoms with Crippen molar-refractivity contribution in [1.82, 2.24) is 4.98 Å². The van der Waals surface area contributed by atoms with Gasteiger partial charge < -0.3 is 9.73 Å². The molecule has 30 heavy (non-hydrogen) atoms. The number of benzene rings is 4. The van der Waals surface area contributed by atoms with Crippen LogP contribution in [0, 0.1) is 13.8 Å². The molecule has 4 aromatic carbocycles. The molecule has 1 amide bonds. The lowest BCUT2D eigenvalue weighted by atomic mass is 10.0. The predicted octanol–water partition coefficient (Wildman–Crippen LogP) is 6.52. The van der Waals surface area contributed by atoms with Crippen LogP contribution in [0.2, 0.25) is 0 Å². The van der Waals surface area contributed by atoms with E-state index in [0.29, 0.717) is 11.5 Å². The van der Waals surface area contributed by atoms with Gasteiger partial charge in [0.1, 0.15) is 5.52 Å². The van der Waals surface area contributed by atoms with E-state index in [2.05, 4.69) is 10.3 Å². The van der Waals surface area contributed by atoms with Crippen molar-refractivity contribution < 1.29 is 9.21 Å². The smallest absolute Gasteiger partial charge is 0.255 e. The first-order valence-electron chi connectivity index (χ1n) is 9.86. The summed E-state index contributed by atoms with van der Waals surface area (Å²) < 4.78 is 5.96. The predicted molar refractivity (Wildman–Crippen MR) is 121 cm³/mol. The number of carbonyl (C=O) groups excluding carboxylic acids is 1. The largest absolute Gasteiger partial charge is 0.436 e. The Morgan fingerprint density at radius 2 is 1.70 bits per heavy atom. The van der Waals surface area contributed by atoms with Gasteiger partial charge in [-0.3, -0.25) is 4.79 Å². The van der Waals surface area contributed by atoms with Gasteiger partial charge >= 0.3 is 0 Å². The maximum atomic E-state index is 12.9. The van der Waals surface area contributed by atoms with E-state index in [1.165, 1.54) is 0 Å². The molecule has 4 heteroatoms. The molecule has 0 radical (unpaired) electrons. The van der Waals surface area contributed by atoms with Crippen molar-refractivity contribution in [2.45, 2.75) is 13.8 Å². The average Bonchev–Trinajstić information content (AvgIpc) is 3.17. The second kappa shape index (κ2) is 7.16. The normalized spacial score (nSPS) is 11.1. The summed E-state index contributed by atoms with van der Waals surface area (Å²) >= 11 is 0. The number of nitrogens with zero attached hydrogens (tertiary/aromatic N) is 1. The summed E-state index contributed by atoms with van der Waals surface area (Å²) in [5.74, 6) is 0.407. The number of nitrogens with one attached hydrogen (secondary N) is 1. The molecular formula is C26H20N2O2. The first-order valence-corrected chi connectivity index (χ1v) is 9.86. The highest BCUT2D eigenvalue weighted by atomic mass is 16.3. The fourth-order valence-corrected chi connectivity index (χ4v) is 3.68. The topological polar surface area (TPSA) is 55.1 Å². The highest BCUT2D eigenvalue weighted by Gasteiger charge is 2.15. The number of aryl methyl sites for hydroxylation is 1. The van der Waals surface area contributed by atoms with Crippen molar-refractivity contribution in [2.75, 3.05) is 5.32 Å². The van der Waals surface area contributed by atoms with Gasteiger partial charge in [0.05, 0.1) is 0 Å². The van der Waals surface area contributed by atoms with Crippen LogP contribution in [0.25, 0.3) is 33.3 Å². The second-order valence-electron chi connectivity index (χ2n) is 7.48. The minimum absolute atomic E-state index is 0.144. The van der Waals surface area contributed by atoms with Crippen LogP contribution in [0.5, 0.6) is 0 Å². The molecule has 0 fully saturated rings. The van der Waals surface area contributed by atoms with Crippen LogP contribution in [0.1, 0.15) is 21.5 Å². The van der Waals surface area contributed by atoms with Gasteiger partial charge in [-0.15, -0.1) is 0 Å². The van der Waals surface area contributed by atoms with Crippen LogP contribution < -0.4 is 5.32 Å². The molecule has 1 heterocycles. The molecule has 5 rings (SSSR count). The molecule has 146 valence electrons. The van der Waals surface area contributed by atoms with Crippen LogP contribution in [-0.4, -0.2) is 10.9 Å². The van der Waals surface area contributed by atoms with Crippen molar-refractivity contribution in [2.24, 2.45) is 0 Å². The first kappa shape index (κ1) is 18.1. The third-order valence-corrected chi connectivity index (χ3v) is 5.37. The van der Waals surface area contributed by atoms with Gasteiger partial charge in [-0.25, -0.2) is 4.98 Å². The van der Waals surface area contributed by atoms with Crippen LogP contribution in [0.15, 0.2) is 83.3 Å². The zero-order valence-corrected chi connectivity index (χ0v) is 16.8. The summed E-state index contributed by atoms with van der Waals surface area (Å²) in [6.07, 6.45) is 0. The summed E-state index contributed by atoms with van der Waals surface area (Å²) in [4.78, 5) is 17.5. The molecule has 0 aliphatic rings. The van der Waals surface area contributed by atoms with E-state index in [1.807, 2.05) is 92.7 Å². The molecule has 0 bridgehead atoms. The van der Waals surface area contributed by atoms with Crippen LogP contribution >= 0.6 is 0 Å². The number of amides is 1. The zero-order chi connectivity index (χ0) is 20.7. The number of carbonyl (C=O) groups is 1. The molecule has 0 unspecified atom stereocenters. The summed E-state index contributed by atoms with van der Waals surface area (Å²) in [6.45, 7) is 3.99. The Labute approximate surface area is 174 Å². The van der Waals surface area contributed by atoms with Crippen molar-refractivity contribution in [3.8, 4) is 11.5 Å². The highest BCUT2D eigenvalue weighted by molar-refractivity contribution is 6.07. The first-order chi connectivity index (χ1) is 14.6. The minimum atomic E-state index is -0.144. The van der Waals surface area contributed by atoms with Crippen molar-refractivity contribution in [1.29, 1.82) is 0 Å². The van der Waals surface area contributed by atoms with E-state index < -0.39 is 0 Å². The zero-order valence-electron chi connectivity index (χ0n) is 16.8. The fraction of sp³-hybridized carbons (Fsp3) is 0.0769. The van der Waals surface area contributed by atoms with Crippen LogP contribution in [-0.2, 0) is 0 Å². The van der Waals surface area contributed by atoms with Gasteiger partial charge in [0.2, 0.25) is 5.89 Å². The monoisotopic (exact) mass is 392 g/mol. The fourth-order valence-electron chi connectivity index (χ4n) is 3.68. The third-order valence-electron chi connectivity index (χ3n) is 5.37. The number of rotatable bonds is 3. The molecule has 1 aromatic heterocycles. The van der Waals surface area contributed by atoms with Crippen molar-refractivity contribution >= 4 is 33.5 Å². The van der Waals surface area contributed by atoms with Gasteiger partial charge in [0, 0.05) is 16.8 Å². The number of aromatic nitrogens is 1. The average molecular weight is 392 g/mol. The SMILES string of the molecule is Cc1ccc2oc(-c3cccc(NC(=O)c4ccc5ccccc5c4)c3C)nc2c1. The quantitative estimate of drug-likeness (QED) is 0.380. The van der Waals surface area contributed by atoms with Gasteiger partial charge in [0.25, 0.3) is 5.91 Å². The Morgan fingerprint density at radius 1 is 0.867 bits per heavy atom. The molecule has 5 aromatic rings. The number of hydrogen-bond donors (Lipinski definition) is 1. The van der Waals surface area contributed by atoms with Gasteiger partial charge in [-0.1, -0.05) is 42.5 Å². The second-order valence-corrected chi connectivity index (χ2v) is 7.48. The Bertz CT molecular complexity index is 1420. The number of hydrogen-bond acceptors (Lipinski definition) is 3. The Kier molecular flexibility index (Phi) is 4.32. The lowest BCUT2D eigenvalue weighted by molar-refractivity contribution is 0.102. The maximum absolute atomic E-state index is 12.9. The van der Waals surface area contributed by atoms with Crippen LogP contribution in [0.3, 0.4) is 0 Å². The maximum Gasteiger partial charge on any atom is 0.255 e. The number of anilines is 1. The summed E-state index contributed by atoms with van der Waals surface area (Å²) in [6, 6.07) is 25.4. The lowest BCUT2D eigenvalue weighted by Gasteiger charge is -2.11. The molecule has 0 atom stereocenters. The Hall–Kier alpha value is -3.92. The van der Waals surface area contributed by atoms with E-state index in [1.54, 1.807) is 0 Å². The van der Waals surface area contributed by atoms with E-state index in [0.717, 1.165) is 44.2 Å². The standard InChI is InChI=1S/C26H20N2O2/c1-16-10-13-24-23(14-16)28-26(30-24)21-8-5-9-22(17(21)2)27-25(29)20-12-11-18-6-3-4-7-19(18)15-20/h3-15H,1-2H3,(H,27,29). The molecule has 0 aliphatic carbocycles. The van der Waals surface area contributed by atoms with Gasteiger partial charge in [-0.2, -0.15) is 0 Å². The van der Waals surface area contributed by atoms with E-state index in [-0.39, 0.29) is 5.91 Å². The summed E-state index contributed by atoms with van der Waals surface area (Å²) in [5.41, 5.74) is 5.85. The van der Waals surface area contributed by atoms with E-state index in [4.69, 9.17) is 4.42 Å². The molecular weight excluding hydrogens is 372 g/mol. The molecule has 1 N–H and O–H groups in total. The van der Waals surface area contributed by atoms with E-state index >= 15 is 0 Å². The third kappa shape index (κ3) is 3.22. The van der Waals surface area contributed by atoms with E-state index in [9.17, 15) is 4.79 Å². The lowest BCUT2D eigenvalue weighted by Crippen LogP contribution is -2.13. The Balaban J connectivity index is 1.48. The van der Waals surface area contributed by atoms with Crippen LogP contribution in [0.4, 0.5) is 5.69 Å². The molecule has 0 spiro atoms. The highest BCUT2D eigenvalue weighted by Crippen LogP contribution is 2.31. The number of fused-ring (bicyclic) bond motifs is 2. The minimum Gasteiger partial charge on any atom is -0.436 e. The molecule has 4 nitrogen and oxygen atoms in total. The van der Waals surface area contributed by atoms with Gasteiger partial charge in [-0.05, 0) is 72.1 Å². The number of oxazole rings is 1. The summed E-state index contributed by atoms with van der Waals surface area (Å²) in [5, 5.41) is 5.18. The molecule has 0 aliphatic heterocycles. The van der Waals surface area contributed by atoms with Crippen molar-refractivity contribution in [3.05, 3.63) is 95.6 Å². The molecule has 0 saturated carbocycles. The summed E-state index contributed by atoms with van der Waals surface area (Å²) in [7, 11) is 0. The molecule has 0 saturated heterocycles. The Morgan fingerprint density at radius 3 is 2.57 bits per heavy atom.